The minimum absolute atomic E-state index is 0.00501. The van der Waals surface area contributed by atoms with Crippen LogP contribution >= 0.6 is 0 Å². The first kappa shape index (κ1) is 16.6. The number of phenols is 1. The highest BCUT2D eigenvalue weighted by Gasteiger charge is 2.22. The van der Waals surface area contributed by atoms with Crippen LogP contribution in [0.25, 0.3) is 0 Å². The Hall–Kier alpha value is -3.23. The fraction of sp³-hybridized carbons (Fsp3) is 0. The van der Waals surface area contributed by atoms with Gasteiger partial charge in [-0.2, -0.15) is 0 Å². The summed E-state index contributed by atoms with van der Waals surface area (Å²) in [6.07, 6.45) is 5.38. The molecule has 124 valence electrons. The van der Waals surface area contributed by atoms with Crippen LogP contribution < -0.4 is 4.74 Å². The molecular weight excluding hydrogens is 336 g/mol. The summed E-state index contributed by atoms with van der Waals surface area (Å²) in [4.78, 5) is 0.102. The molecule has 0 amide bonds. The maximum Gasteiger partial charge on any atom is 0.210 e. The van der Waals surface area contributed by atoms with E-state index in [1.54, 1.807) is 42.5 Å². The van der Waals surface area contributed by atoms with Gasteiger partial charge in [-0.05, 0) is 54.6 Å². The van der Waals surface area contributed by atoms with Crippen molar-refractivity contribution in [2.45, 2.75) is 9.79 Å². The molecule has 0 radical (unpaired) electrons. The molecule has 0 aliphatic heterocycles. The van der Waals surface area contributed by atoms with E-state index in [4.69, 9.17) is 11.2 Å². The van der Waals surface area contributed by atoms with Gasteiger partial charge in [0, 0.05) is 5.56 Å². The Morgan fingerprint density at radius 3 is 2.36 bits per heavy atom. The van der Waals surface area contributed by atoms with Crippen LogP contribution in [-0.4, -0.2) is 13.5 Å². The molecule has 3 aromatic carbocycles. The molecule has 0 bridgehead atoms. The SMILES string of the molecule is C#Cc1cccc(Oc2ccccc2S(=O)(=O)c2ccc(O)cc2)c1. The summed E-state index contributed by atoms with van der Waals surface area (Å²) in [5, 5.41) is 9.36. The molecular formula is C20H14O4S. The third kappa shape index (κ3) is 3.49. The molecule has 0 unspecified atom stereocenters. The number of ether oxygens (including phenoxy) is 1. The van der Waals surface area contributed by atoms with Gasteiger partial charge in [0.25, 0.3) is 0 Å². The van der Waals surface area contributed by atoms with Crippen molar-refractivity contribution in [1.82, 2.24) is 0 Å². The number of terminal acetylenes is 1. The van der Waals surface area contributed by atoms with Crippen LogP contribution in [0.3, 0.4) is 0 Å². The average molecular weight is 350 g/mol. The number of benzene rings is 3. The van der Waals surface area contributed by atoms with Crippen LogP contribution in [-0.2, 0) is 9.84 Å². The third-order valence-electron chi connectivity index (χ3n) is 3.51. The molecule has 0 saturated carbocycles. The molecule has 5 heteroatoms. The van der Waals surface area contributed by atoms with Crippen molar-refractivity contribution in [3.8, 4) is 29.6 Å². The number of phenolic OH excluding ortho intramolecular Hbond substituents is 1. The zero-order valence-corrected chi connectivity index (χ0v) is 13.9. The first-order valence-electron chi connectivity index (χ1n) is 7.38. The average Bonchev–Trinajstić information content (AvgIpc) is 2.62. The van der Waals surface area contributed by atoms with E-state index in [9.17, 15) is 13.5 Å². The molecule has 1 N–H and O–H groups in total. The topological polar surface area (TPSA) is 63.6 Å². The van der Waals surface area contributed by atoms with E-state index in [-0.39, 0.29) is 21.3 Å². The van der Waals surface area contributed by atoms with Crippen LogP contribution in [0, 0.1) is 12.3 Å². The number of aromatic hydroxyl groups is 1. The van der Waals surface area contributed by atoms with Crippen LogP contribution in [0.5, 0.6) is 17.2 Å². The van der Waals surface area contributed by atoms with Crippen LogP contribution in [0.4, 0.5) is 0 Å². The minimum Gasteiger partial charge on any atom is -0.508 e. The van der Waals surface area contributed by atoms with E-state index in [0.717, 1.165) is 0 Å². The lowest BCUT2D eigenvalue weighted by Crippen LogP contribution is -2.04. The predicted molar refractivity (Wildman–Crippen MR) is 94.5 cm³/mol. The Morgan fingerprint density at radius 1 is 0.920 bits per heavy atom. The molecule has 4 nitrogen and oxygen atoms in total. The quantitative estimate of drug-likeness (QED) is 0.723. The van der Waals surface area contributed by atoms with Crippen molar-refractivity contribution in [2.75, 3.05) is 0 Å². The van der Waals surface area contributed by atoms with Gasteiger partial charge in [-0.15, -0.1) is 6.42 Å². The maximum absolute atomic E-state index is 12.9. The summed E-state index contributed by atoms with van der Waals surface area (Å²) in [5.41, 5.74) is 0.636. The predicted octanol–water partition coefficient (Wildman–Crippen LogP) is 4.00. The van der Waals surface area contributed by atoms with Crippen LogP contribution in [0.1, 0.15) is 5.56 Å². The molecule has 0 saturated heterocycles. The Bertz CT molecular complexity index is 1050. The summed E-state index contributed by atoms with van der Waals surface area (Å²) in [5.74, 6) is 3.15. The molecule has 0 fully saturated rings. The fourth-order valence-electron chi connectivity index (χ4n) is 2.29. The van der Waals surface area contributed by atoms with E-state index < -0.39 is 9.84 Å². The standard InChI is InChI=1S/C20H14O4S/c1-2-15-6-5-7-17(14-15)24-19-8-3-4-9-20(19)25(22,23)18-12-10-16(21)11-13-18/h1,3-14,21H. The van der Waals surface area contributed by atoms with Gasteiger partial charge in [0.15, 0.2) is 0 Å². The van der Waals surface area contributed by atoms with Gasteiger partial charge < -0.3 is 9.84 Å². The Morgan fingerprint density at radius 2 is 1.64 bits per heavy atom. The molecule has 0 aliphatic rings. The summed E-state index contributed by atoms with van der Waals surface area (Å²) in [6.45, 7) is 0. The lowest BCUT2D eigenvalue weighted by molar-refractivity contribution is 0.467. The van der Waals surface area contributed by atoms with E-state index in [0.29, 0.717) is 11.3 Å². The first-order valence-corrected chi connectivity index (χ1v) is 8.87. The first-order chi connectivity index (χ1) is 12.0. The highest BCUT2D eigenvalue weighted by atomic mass is 32.2. The van der Waals surface area contributed by atoms with E-state index >= 15 is 0 Å². The summed E-state index contributed by atoms with van der Waals surface area (Å²) >= 11 is 0. The Kier molecular flexibility index (Phi) is 4.46. The zero-order valence-electron chi connectivity index (χ0n) is 13.1. The number of hydrogen-bond acceptors (Lipinski definition) is 4. The molecule has 25 heavy (non-hydrogen) atoms. The molecule has 0 aromatic heterocycles. The summed E-state index contributed by atoms with van der Waals surface area (Å²) in [6, 6.07) is 18.6. The third-order valence-corrected chi connectivity index (χ3v) is 5.32. The minimum atomic E-state index is -3.80. The molecule has 3 aromatic rings. The Labute approximate surface area is 146 Å². The van der Waals surface area contributed by atoms with E-state index in [2.05, 4.69) is 5.92 Å². The molecule has 0 spiro atoms. The van der Waals surface area contributed by atoms with Gasteiger partial charge in [-0.1, -0.05) is 24.1 Å². The largest absolute Gasteiger partial charge is 0.508 e. The van der Waals surface area contributed by atoms with Gasteiger partial charge in [0.05, 0.1) is 4.90 Å². The number of rotatable bonds is 4. The highest BCUT2D eigenvalue weighted by molar-refractivity contribution is 7.91. The van der Waals surface area contributed by atoms with Crippen molar-refractivity contribution in [3.63, 3.8) is 0 Å². The molecule has 3 rings (SSSR count). The lowest BCUT2D eigenvalue weighted by atomic mass is 10.2. The fourth-order valence-corrected chi connectivity index (χ4v) is 3.67. The lowest BCUT2D eigenvalue weighted by Gasteiger charge is -2.12. The van der Waals surface area contributed by atoms with Crippen molar-refractivity contribution >= 4 is 9.84 Å². The van der Waals surface area contributed by atoms with Crippen molar-refractivity contribution < 1.29 is 18.3 Å². The highest BCUT2D eigenvalue weighted by Crippen LogP contribution is 2.33. The van der Waals surface area contributed by atoms with Crippen LogP contribution in [0.2, 0.25) is 0 Å². The maximum atomic E-state index is 12.9. The van der Waals surface area contributed by atoms with Gasteiger partial charge in [-0.3, -0.25) is 0 Å². The van der Waals surface area contributed by atoms with Gasteiger partial charge >= 0.3 is 0 Å². The van der Waals surface area contributed by atoms with Crippen LogP contribution in [0.15, 0.2) is 82.6 Å². The second kappa shape index (κ2) is 6.71. The molecule has 0 aliphatic carbocycles. The summed E-state index contributed by atoms with van der Waals surface area (Å²) < 4.78 is 31.5. The Balaban J connectivity index is 2.04. The van der Waals surface area contributed by atoms with Gasteiger partial charge in [-0.25, -0.2) is 8.42 Å². The normalized spacial score (nSPS) is 10.8. The van der Waals surface area contributed by atoms with Gasteiger partial charge in [0.2, 0.25) is 9.84 Å². The van der Waals surface area contributed by atoms with Crippen molar-refractivity contribution in [1.29, 1.82) is 0 Å². The van der Waals surface area contributed by atoms with E-state index in [1.165, 1.54) is 30.3 Å². The monoisotopic (exact) mass is 350 g/mol. The second-order valence-corrected chi connectivity index (χ2v) is 7.14. The van der Waals surface area contributed by atoms with Crippen molar-refractivity contribution in [2.24, 2.45) is 0 Å². The number of hydrogen-bond donors (Lipinski definition) is 1. The van der Waals surface area contributed by atoms with Crippen molar-refractivity contribution in [3.05, 3.63) is 78.4 Å². The molecule has 0 atom stereocenters. The smallest absolute Gasteiger partial charge is 0.210 e. The van der Waals surface area contributed by atoms with E-state index in [1.807, 2.05) is 0 Å². The second-order valence-electron chi connectivity index (χ2n) is 5.22. The number of para-hydroxylation sites is 1. The summed E-state index contributed by atoms with van der Waals surface area (Å²) in [7, 11) is -3.80. The number of sulfone groups is 1. The molecule has 0 heterocycles. The van der Waals surface area contributed by atoms with Gasteiger partial charge in [0.1, 0.15) is 22.1 Å². The zero-order chi connectivity index (χ0) is 17.9.